The Balaban J connectivity index is 1.79. The molecule has 1 N–H and O–H groups in total. The molecule has 0 atom stereocenters. The van der Waals surface area contributed by atoms with Crippen LogP contribution in [0.1, 0.15) is 10.4 Å². The molecule has 4 nitrogen and oxygen atoms in total. The van der Waals surface area contributed by atoms with E-state index in [1.807, 2.05) is 66.7 Å². The van der Waals surface area contributed by atoms with Gasteiger partial charge in [-0.25, -0.2) is 4.99 Å². The fraction of sp³-hybridized carbons (Fsp3) is 0. The number of aliphatic imine (C=N–C) groups is 1. The molecule has 3 aromatic rings. The Morgan fingerprint density at radius 2 is 1.54 bits per heavy atom. The van der Waals surface area contributed by atoms with E-state index in [-0.39, 0.29) is 11.6 Å². The van der Waals surface area contributed by atoms with E-state index in [1.54, 1.807) is 12.1 Å². The van der Waals surface area contributed by atoms with Crippen LogP contribution in [-0.2, 0) is 0 Å². The third-order valence-electron chi connectivity index (χ3n) is 3.82. The second-order valence-electron chi connectivity index (χ2n) is 5.38. The van der Waals surface area contributed by atoms with Gasteiger partial charge in [-0.15, -0.1) is 0 Å². The minimum absolute atomic E-state index is 0.178. The van der Waals surface area contributed by atoms with E-state index in [2.05, 4.69) is 10.5 Å². The van der Waals surface area contributed by atoms with Crippen molar-refractivity contribution in [1.29, 1.82) is 0 Å². The highest BCUT2D eigenvalue weighted by Crippen LogP contribution is 2.39. The normalized spacial score (nSPS) is 12.4. The first kappa shape index (κ1) is 14.2. The predicted octanol–water partition coefficient (Wildman–Crippen LogP) is 4.16. The van der Waals surface area contributed by atoms with Crippen LogP contribution in [0.25, 0.3) is 11.1 Å². The molecule has 0 saturated heterocycles. The monoisotopic (exact) mass is 314 g/mol. The Hall–Kier alpha value is -3.40. The number of fused-ring (bicyclic) bond motifs is 1. The van der Waals surface area contributed by atoms with Crippen LogP contribution in [0.15, 0.2) is 83.9 Å². The lowest BCUT2D eigenvalue weighted by molar-refractivity contribution is 0.104. The molecule has 0 saturated carbocycles. The minimum atomic E-state index is -0.205. The highest BCUT2D eigenvalue weighted by molar-refractivity contribution is 6.45. The average molecular weight is 314 g/mol. The van der Waals surface area contributed by atoms with Crippen LogP contribution >= 0.6 is 0 Å². The van der Waals surface area contributed by atoms with E-state index in [1.165, 1.54) is 0 Å². The fourth-order valence-corrected chi connectivity index (χ4v) is 2.63. The van der Waals surface area contributed by atoms with Gasteiger partial charge in [0.05, 0.1) is 0 Å². The first-order valence-corrected chi connectivity index (χ1v) is 7.62. The number of rotatable bonds is 3. The van der Waals surface area contributed by atoms with Gasteiger partial charge in [0.2, 0.25) is 11.6 Å². The number of benzene rings is 3. The summed E-state index contributed by atoms with van der Waals surface area (Å²) in [5.74, 6) is 0.571. The molecule has 4 heteroatoms. The number of para-hydroxylation sites is 1. The molecule has 0 bridgehead atoms. The molecule has 24 heavy (non-hydrogen) atoms. The predicted molar refractivity (Wildman–Crippen MR) is 93.5 cm³/mol. The maximum Gasteiger partial charge on any atom is 0.230 e. The number of carbonyl (C=O) groups excluding carboxylic acids is 1. The van der Waals surface area contributed by atoms with E-state index in [4.69, 9.17) is 4.84 Å². The van der Waals surface area contributed by atoms with E-state index in [9.17, 15) is 4.79 Å². The zero-order valence-corrected chi connectivity index (χ0v) is 12.8. The van der Waals surface area contributed by atoms with Crippen LogP contribution in [0.2, 0.25) is 0 Å². The van der Waals surface area contributed by atoms with Crippen molar-refractivity contribution >= 4 is 17.3 Å². The number of nitrogens with one attached hydrogen (secondary N) is 1. The Morgan fingerprint density at radius 1 is 0.833 bits per heavy atom. The van der Waals surface area contributed by atoms with Crippen molar-refractivity contribution in [2.45, 2.75) is 0 Å². The number of nitrogens with zero attached hydrogens (tertiary/aromatic N) is 1. The van der Waals surface area contributed by atoms with Gasteiger partial charge in [-0.2, -0.15) is 5.48 Å². The summed E-state index contributed by atoms with van der Waals surface area (Å²) in [6, 6.07) is 24.6. The molecular weight excluding hydrogens is 300 g/mol. The van der Waals surface area contributed by atoms with Gasteiger partial charge in [0.1, 0.15) is 5.69 Å². The quantitative estimate of drug-likeness (QED) is 0.738. The largest absolute Gasteiger partial charge is 0.378 e. The first-order valence-electron chi connectivity index (χ1n) is 7.62. The number of carbonyl (C=O) groups is 1. The van der Waals surface area contributed by atoms with Crippen molar-refractivity contribution in [1.82, 2.24) is 5.48 Å². The molecule has 1 heterocycles. The van der Waals surface area contributed by atoms with Crippen LogP contribution in [-0.4, -0.2) is 11.6 Å². The van der Waals surface area contributed by atoms with Crippen molar-refractivity contribution in [3.8, 4) is 16.9 Å². The number of hydroxylamine groups is 1. The van der Waals surface area contributed by atoms with Crippen molar-refractivity contribution in [3.63, 3.8) is 0 Å². The molecule has 1 aliphatic heterocycles. The lowest BCUT2D eigenvalue weighted by atomic mass is 10.0. The standard InChI is InChI=1S/C20H14N2O2/c23-19(15-10-5-2-6-11-15)20-21-18-16(14-8-3-1-4-9-14)12-7-13-17(18)24-22-20/h1-13H,(H,21,22). The first-order chi connectivity index (χ1) is 11.8. The molecular formula is C20H14N2O2. The lowest BCUT2D eigenvalue weighted by Gasteiger charge is -2.19. The molecule has 116 valence electrons. The highest BCUT2D eigenvalue weighted by Gasteiger charge is 2.22. The summed E-state index contributed by atoms with van der Waals surface area (Å²) in [5, 5.41) is 0. The summed E-state index contributed by atoms with van der Waals surface area (Å²) >= 11 is 0. The van der Waals surface area contributed by atoms with Crippen molar-refractivity contribution in [2.24, 2.45) is 4.99 Å². The molecule has 0 radical (unpaired) electrons. The van der Waals surface area contributed by atoms with E-state index in [0.717, 1.165) is 11.1 Å². The van der Waals surface area contributed by atoms with Gasteiger partial charge in [0.25, 0.3) is 0 Å². The molecule has 0 unspecified atom stereocenters. The highest BCUT2D eigenvalue weighted by atomic mass is 16.7. The molecule has 4 rings (SSSR count). The zero-order valence-electron chi connectivity index (χ0n) is 12.8. The second kappa shape index (κ2) is 6.01. The summed E-state index contributed by atoms with van der Waals surface area (Å²) in [6.07, 6.45) is 0. The van der Waals surface area contributed by atoms with Gasteiger partial charge in [-0.1, -0.05) is 72.8 Å². The maximum atomic E-state index is 12.6. The van der Waals surface area contributed by atoms with Gasteiger partial charge in [-0.05, 0) is 11.6 Å². The zero-order chi connectivity index (χ0) is 16.4. The topological polar surface area (TPSA) is 50.7 Å². The SMILES string of the molecule is O=C(C1=Nc2c(cccc2-c2ccccc2)ON1)c1ccccc1. The van der Waals surface area contributed by atoms with Gasteiger partial charge in [0.15, 0.2) is 5.75 Å². The van der Waals surface area contributed by atoms with Crippen LogP contribution in [0, 0.1) is 0 Å². The third kappa shape index (κ3) is 2.54. The second-order valence-corrected chi connectivity index (χ2v) is 5.38. The van der Waals surface area contributed by atoms with Crippen LogP contribution in [0.4, 0.5) is 5.69 Å². The van der Waals surface area contributed by atoms with Crippen LogP contribution in [0.3, 0.4) is 0 Å². The molecule has 0 fully saturated rings. The molecule has 0 aliphatic carbocycles. The van der Waals surface area contributed by atoms with E-state index < -0.39 is 0 Å². The fourth-order valence-electron chi connectivity index (χ4n) is 2.63. The summed E-state index contributed by atoms with van der Waals surface area (Å²) in [5.41, 5.74) is 5.82. The molecule has 1 aliphatic rings. The van der Waals surface area contributed by atoms with E-state index >= 15 is 0 Å². The Morgan fingerprint density at radius 3 is 2.29 bits per heavy atom. The summed E-state index contributed by atoms with van der Waals surface area (Å²) in [6.45, 7) is 0. The van der Waals surface area contributed by atoms with Crippen molar-refractivity contribution in [2.75, 3.05) is 0 Å². The lowest BCUT2D eigenvalue weighted by Crippen LogP contribution is -2.36. The van der Waals surface area contributed by atoms with Crippen LogP contribution < -0.4 is 10.3 Å². The van der Waals surface area contributed by atoms with E-state index in [0.29, 0.717) is 17.0 Å². The Bertz CT molecular complexity index is 919. The van der Waals surface area contributed by atoms with Gasteiger partial charge in [-0.3, -0.25) is 4.79 Å². The summed E-state index contributed by atoms with van der Waals surface area (Å²) < 4.78 is 0. The van der Waals surface area contributed by atoms with Crippen molar-refractivity contribution < 1.29 is 9.63 Å². The Kier molecular flexibility index (Phi) is 3.56. The molecule has 0 spiro atoms. The minimum Gasteiger partial charge on any atom is -0.378 e. The van der Waals surface area contributed by atoms with Gasteiger partial charge >= 0.3 is 0 Å². The smallest absolute Gasteiger partial charge is 0.230 e. The number of amidine groups is 1. The van der Waals surface area contributed by atoms with Crippen LogP contribution in [0.5, 0.6) is 5.75 Å². The maximum absolute atomic E-state index is 12.6. The number of hydrogen-bond acceptors (Lipinski definition) is 4. The average Bonchev–Trinajstić information content (AvgIpc) is 2.68. The summed E-state index contributed by atoms with van der Waals surface area (Å²) in [7, 11) is 0. The Labute approximate surface area is 139 Å². The molecule has 3 aromatic carbocycles. The number of Topliss-reactive ketones (excluding diaryl/α,β-unsaturated/α-hetero) is 1. The third-order valence-corrected chi connectivity index (χ3v) is 3.82. The van der Waals surface area contributed by atoms with Gasteiger partial charge in [0, 0.05) is 11.1 Å². The number of hydrogen-bond donors (Lipinski definition) is 1. The summed E-state index contributed by atoms with van der Waals surface area (Å²) in [4.78, 5) is 22.7. The van der Waals surface area contributed by atoms with Crippen molar-refractivity contribution in [3.05, 3.63) is 84.4 Å². The van der Waals surface area contributed by atoms with Gasteiger partial charge < -0.3 is 4.84 Å². The number of ketones is 1. The molecule has 0 aromatic heterocycles. The molecule has 0 amide bonds.